The SMILES string of the molecule is Cl.O=C(Nc1ccc2c(ccn2CC(=O)N2CCOCC2)c1)C1COCCN1. The Morgan fingerprint density at radius 1 is 1.14 bits per heavy atom. The van der Waals surface area contributed by atoms with Crippen LogP contribution in [-0.4, -0.2) is 73.4 Å². The second-order valence-corrected chi connectivity index (χ2v) is 6.78. The monoisotopic (exact) mass is 408 g/mol. The number of nitrogens with zero attached hydrogens (tertiary/aromatic N) is 2. The summed E-state index contributed by atoms with van der Waals surface area (Å²) >= 11 is 0. The van der Waals surface area contributed by atoms with Crippen molar-refractivity contribution in [2.24, 2.45) is 0 Å². The van der Waals surface area contributed by atoms with Crippen LogP contribution in [-0.2, 0) is 25.6 Å². The first-order chi connectivity index (χ1) is 13.2. The van der Waals surface area contributed by atoms with Gasteiger partial charge in [-0.2, -0.15) is 0 Å². The Morgan fingerprint density at radius 3 is 2.71 bits per heavy atom. The molecule has 0 saturated carbocycles. The number of ether oxygens (including phenoxy) is 2. The molecule has 2 fully saturated rings. The fraction of sp³-hybridized carbons (Fsp3) is 0.474. The molecule has 2 amide bonds. The maximum atomic E-state index is 12.5. The minimum Gasteiger partial charge on any atom is -0.378 e. The van der Waals surface area contributed by atoms with Crippen molar-refractivity contribution in [2.45, 2.75) is 12.6 Å². The van der Waals surface area contributed by atoms with Gasteiger partial charge in [-0.3, -0.25) is 9.59 Å². The Balaban J connectivity index is 0.00000225. The number of fused-ring (bicyclic) bond motifs is 1. The minimum atomic E-state index is -0.329. The van der Waals surface area contributed by atoms with E-state index in [4.69, 9.17) is 9.47 Å². The lowest BCUT2D eigenvalue weighted by atomic mass is 10.2. The van der Waals surface area contributed by atoms with Gasteiger partial charge in [0.1, 0.15) is 12.6 Å². The molecular formula is C19H25ClN4O4. The number of carbonyl (C=O) groups excluding carboxylic acids is 2. The van der Waals surface area contributed by atoms with Crippen molar-refractivity contribution in [1.29, 1.82) is 0 Å². The zero-order chi connectivity index (χ0) is 18.6. The maximum Gasteiger partial charge on any atom is 0.243 e. The molecule has 2 saturated heterocycles. The summed E-state index contributed by atoms with van der Waals surface area (Å²) < 4.78 is 12.6. The van der Waals surface area contributed by atoms with Crippen LogP contribution in [0.3, 0.4) is 0 Å². The maximum absolute atomic E-state index is 12.5. The summed E-state index contributed by atoms with van der Waals surface area (Å²) in [7, 11) is 0. The lowest BCUT2D eigenvalue weighted by Gasteiger charge is -2.27. The molecule has 1 unspecified atom stereocenters. The van der Waals surface area contributed by atoms with E-state index in [-0.39, 0.29) is 30.3 Å². The highest BCUT2D eigenvalue weighted by atomic mass is 35.5. The summed E-state index contributed by atoms with van der Waals surface area (Å²) in [4.78, 5) is 26.6. The highest BCUT2D eigenvalue weighted by molar-refractivity contribution is 5.97. The molecule has 9 heteroatoms. The Labute approximate surface area is 169 Å². The van der Waals surface area contributed by atoms with Crippen molar-refractivity contribution in [1.82, 2.24) is 14.8 Å². The molecule has 2 aromatic rings. The van der Waals surface area contributed by atoms with Crippen molar-refractivity contribution in [2.75, 3.05) is 51.4 Å². The molecular weight excluding hydrogens is 384 g/mol. The van der Waals surface area contributed by atoms with E-state index < -0.39 is 0 Å². The first-order valence-electron chi connectivity index (χ1n) is 9.27. The van der Waals surface area contributed by atoms with Gasteiger partial charge in [-0.25, -0.2) is 0 Å². The quantitative estimate of drug-likeness (QED) is 0.783. The second-order valence-electron chi connectivity index (χ2n) is 6.78. The highest BCUT2D eigenvalue weighted by Crippen LogP contribution is 2.21. The molecule has 0 spiro atoms. The van der Waals surface area contributed by atoms with Gasteiger partial charge in [0.05, 0.1) is 26.4 Å². The Kier molecular flexibility index (Phi) is 6.90. The third-order valence-electron chi connectivity index (χ3n) is 4.95. The summed E-state index contributed by atoms with van der Waals surface area (Å²) in [5.74, 6) is -0.00692. The molecule has 1 atom stereocenters. The Bertz CT molecular complexity index is 828. The van der Waals surface area contributed by atoms with E-state index in [1.165, 1.54) is 0 Å². The predicted molar refractivity (Wildman–Crippen MR) is 108 cm³/mol. The Morgan fingerprint density at radius 2 is 1.96 bits per heavy atom. The van der Waals surface area contributed by atoms with E-state index in [9.17, 15) is 9.59 Å². The normalized spacial score (nSPS) is 19.9. The highest BCUT2D eigenvalue weighted by Gasteiger charge is 2.21. The number of hydrogen-bond acceptors (Lipinski definition) is 5. The van der Waals surface area contributed by atoms with Gasteiger partial charge in [0.25, 0.3) is 0 Å². The number of benzene rings is 1. The van der Waals surface area contributed by atoms with Gasteiger partial charge in [0.15, 0.2) is 0 Å². The lowest BCUT2D eigenvalue weighted by Crippen LogP contribution is -2.48. The smallest absolute Gasteiger partial charge is 0.243 e. The van der Waals surface area contributed by atoms with Crippen LogP contribution < -0.4 is 10.6 Å². The van der Waals surface area contributed by atoms with E-state index in [2.05, 4.69) is 10.6 Å². The molecule has 3 heterocycles. The fourth-order valence-corrected chi connectivity index (χ4v) is 3.44. The number of amides is 2. The van der Waals surface area contributed by atoms with Gasteiger partial charge in [-0.05, 0) is 24.3 Å². The molecule has 2 N–H and O–H groups in total. The van der Waals surface area contributed by atoms with Gasteiger partial charge >= 0.3 is 0 Å². The molecule has 28 heavy (non-hydrogen) atoms. The van der Waals surface area contributed by atoms with Crippen LogP contribution >= 0.6 is 12.4 Å². The number of aromatic nitrogens is 1. The standard InChI is InChI=1S/C19H24N4O4.ClH/c24-18(22-6-9-26-10-7-22)12-23-5-3-14-11-15(1-2-17(14)23)21-19(25)16-13-27-8-4-20-16;/h1-3,5,11,16,20H,4,6-10,12-13H2,(H,21,25);1H. The summed E-state index contributed by atoms with van der Waals surface area (Å²) in [6, 6.07) is 7.35. The molecule has 1 aromatic carbocycles. The molecule has 1 aromatic heterocycles. The third kappa shape index (κ3) is 4.64. The van der Waals surface area contributed by atoms with Crippen molar-refractivity contribution < 1.29 is 19.1 Å². The Hall–Kier alpha value is -2.13. The number of anilines is 1. The van der Waals surface area contributed by atoms with Crippen LogP contribution in [0.25, 0.3) is 10.9 Å². The number of hydrogen-bond donors (Lipinski definition) is 2. The van der Waals surface area contributed by atoms with Gasteiger partial charge in [0, 0.05) is 42.4 Å². The van der Waals surface area contributed by atoms with Crippen LogP contribution in [0, 0.1) is 0 Å². The number of rotatable bonds is 4. The summed E-state index contributed by atoms with van der Waals surface area (Å²) in [5, 5.41) is 7.05. The van der Waals surface area contributed by atoms with Gasteiger partial charge < -0.3 is 29.6 Å². The predicted octanol–water partition coefficient (Wildman–Crippen LogP) is 0.849. The second kappa shape index (κ2) is 9.38. The van der Waals surface area contributed by atoms with E-state index >= 15 is 0 Å². The van der Waals surface area contributed by atoms with Crippen LogP contribution in [0.2, 0.25) is 0 Å². The molecule has 0 radical (unpaired) electrons. The first-order valence-corrected chi connectivity index (χ1v) is 9.27. The van der Waals surface area contributed by atoms with Gasteiger partial charge in [0.2, 0.25) is 11.8 Å². The van der Waals surface area contributed by atoms with Crippen molar-refractivity contribution in [3.63, 3.8) is 0 Å². The number of morpholine rings is 2. The zero-order valence-electron chi connectivity index (χ0n) is 15.6. The lowest BCUT2D eigenvalue weighted by molar-refractivity contribution is -0.135. The van der Waals surface area contributed by atoms with Crippen LogP contribution in [0.4, 0.5) is 5.69 Å². The van der Waals surface area contributed by atoms with Crippen LogP contribution in [0.1, 0.15) is 0 Å². The fourth-order valence-electron chi connectivity index (χ4n) is 3.44. The minimum absolute atomic E-state index is 0. The van der Waals surface area contributed by atoms with Gasteiger partial charge in [-0.1, -0.05) is 0 Å². The largest absolute Gasteiger partial charge is 0.378 e. The van der Waals surface area contributed by atoms with Crippen molar-refractivity contribution in [3.8, 4) is 0 Å². The van der Waals surface area contributed by atoms with Crippen molar-refractivity contribution in [3.05, 3.63) is 30.5 Å². The topological polar surface area (TPSA) is 84.8 Å². The average molecular weight is 409 g/mol. The first kappa shape index (κ1) is 20.6. The molecule has 0 bridgehead atoms. The van der Waals surface area contributed by atoms with Crippen LogP contribution in [0.15, 0.2) is 30.5 Å². The summed E-state index contributed by atoms with van der Waals surface area (Å²) in [6.45, 7) is 4.49. The molecule has 8 nitrogen and oxygen atoms in total. The molecule has 2 aliphatic heterocycles. The summed E-state index contributed by atoms with van der Waals surface area (Å²) in [5.41, 5.74) is 1.70. The van der Waals surface area contributed by atoms with E-state index in [1.54, 1.807) is 0 Å². The zero-order valence-corrected chi connectivity index (χ0v) is 16.4. The number of nitrogens with one attached hydrogen (secondary N) is 2. The third-order valence-corrected chi connectivity index (χ3v) is 4.95. The van der Waals surface area contributed by atoms with Crippen molar-refractivity contribution >= 4 is 40.8 Å². The summed E-state index contributed by atoms with van der Waals surface area (Å²) in [6.07, 6.45) is 1.91. The molecule has 152 valence electrons. The molecule has 0 aliphatic carbocycles. The molecule has 2 aliphatic rings. The van der Waals surface area contributed by atoms with E-state index in [0.717, 1.165) is 16.6 Å². The average Bonchev–Trinajstić information content (AvgIpc) is 3.11. The number of halogens is 1. The van der Waals surface area contributed by atoms with E-state index in [0.29, 0.717) is 52.6 Å². The van der Waals surface area contributed by atoms with E-state index in [1.807, 2.05) is 39.9 Å². The number of carbonyl (C=O) groups is 2. The van der Waals surface area contributed by atoms with Crippen LogP contribution in [0.5, 0.6) is 0 Å². The van der Waals surface area contributed by atoms with Gasteiger partial charge in [-0.15, -0.1) is 12.4 Å². The molecule has 4 rings (SSSR count).